The molecule has 0 saturated carbocycles. The number of hydrogen-bond acceptors (Lipinski definition) is 4. The van der Waals surface area contributed by atoms with Crippen LogP contribution in [0.1, 0.15) is 29.9 Å². The molecule has 0 aliphatic heterocycles. The van der Waals surface area contributed by atoms with Crippen LogP contribution < -0.4 is 5.32 Å². The van der Waals surface area contributed by atoms with Gasteiger partial charge < -0.3 is 15.5 Å². The van der Waals surface area contributed by atoms with Crippen LogP contribution in [0.25, 0.3) is 10.1 Å². The Morgan fingerprint density at radius 3 is 2.64 bits per heavy atom. The van der Waals surface area contributed by atoms with Crippen molar-refractivity contribution >= 4 is 33.3 Å². The summed E-state index contributed by atoms with van der Waals surface area (Å²) in [5.41, 5.74) is -1.22. The van der Waals surface area contributed by atoms with Crippen LogP contribution in [0.5, 0.6) is 0 Å². The fourth-order valence-electron chi connectivity index (χ4n) is 2.06. The zero-order chi connectivity index (χ0) is 16.5. The van der Waals surface area contributed by atoms with Gasteiger partial charge in [0.1, 0.15) is 11.9 Å². The first-order valence-electron chi connectivity index (χ1n) is 6.61. The summed E-state index contributed by atoms with van der Waals surface area (Å²) in [5, 5.41) is 21.8. The largest absolute Gasteiger partial charge is 0.480 e. The van der Waals surface area contributed by atoms with Crippen molar-refractivity contribution < 1.29 is 24.2 Å². The number of fused-ring (bicyclic) bond motifs is 1. The number of carbonyl (C=O) groups excluding carboxylic acids is 1. The van der Waals surface area contributed by atoms with Crippen molar-refractivity contribution in [1.82, 2.24) is 5.32 Å². The molecule has 22 heavy (non-hydrogen) atoms. The molecule has 7 heteroatoms. The Hall–Kier alpha value is -1.99. The van der Waals surface area contributed by atoms with E-state index in [1.807, 2.05) is 0 Å². The van der Waals surface area contributed by atoms with Crippen LogP contribution in [-0.4, -0.2) is 33.7 Å². The van der Waals surface area contributed by atoms with Crippen LogP contribution in [0.15, 0.2) is 24.3 Å². The van der Waals surface area contributed by atoms with E-state index < -0.39 is 29.3 Å². The number of nitrogens with one attached hydrogen (secondary N) is 1. The molecule has 118 valence electrons. The molecule has 0 fully saturated rings. The Kier molecular flexibility index (Phi) is 4.48. The summed E-state index contributed by atoms with van der Waals surface area (Å²) in [6.07, 6.45) is -0.117. The summed E-state index contributed by atoms with van der Waals surface area (Å²) in [7, 11) is 0. The van der Waals surface area contributed by atoms with Crippen LogP contribution in [0.3, 0.4) is 0 Å². The van der Waals surface area contributed by atoms with E-state index in [-0.39, 0.29) is 6.42 Å². The molecular formula is C15H16FNO4S. The average Bonchev–Trinajstić information content (AvgIpc) is 2.79. The van der Waals surface area contributed by atoms with Crippen LogP contribution in [0, 0.1) is 5.82 Å². The molecule has 2 rings (SSSR count). The Bertz CT molecular complexity index is 720. The summed E-state index contributed by atoms with van der Waals surface area (Å²) in [6.45, 7) is 2.94. The standard InChI is InChI=1S/C15H16FNO4S/c1-15(2,21)7-10(14(19)20)17-13(18)12-6-8-5-9(16)3-4-11(8)22-12/h3-6,10,21H,7H2,1-2H3,(H,17,18)(H,19,20). The van der Waals surface area contributed by atoms with Gasteiger partial charge in [-0.05, 0) is 43.5 Å². The molecule has 3 N–H and O–H groups in total. The first-order valence-corrected chi connectivity index (χ1v) is 7.42. The lowest BCUT2D eigenvalue weighted by atomic mass is 9.99. The lowest BCUT2D eigenvalue weighted by Gasteiger charge is -2.22. The highest BCUT2D eigenvalue weighted by Crippen LogP contribution is 2.26. The van der Waals surface area contributed by atoms with Gasteiger partial charge in [-0.15, -0.1) is 11.3 Å². The van der Waals surface area contributed by atoms with Gasteiger partial charge in [-0.2, -0.15) is 0 Å². The number of aliphatic hydroxyl groups is 1. The summed E-state index contributed by atoms with van der Waals surface area (Å²) in [4.78, 5) is 23.6. The zero-order valence-electron chi connectivity index (χ0n) is 12.1. The molecule has 0 spiro atoms. The number of rotatable bonds is 5. The molecule has 1 heterocycles. The van der Waals surface area contributed by atoms with E-state index in [9.17, 15) is 19.1 Å². The van der Waals surface area contributed by atoms with Gasteiger partial charge in [0, 0.05) is 11.1 Å². The second-order valence-electron chi connectivity index (χ2n) is 5.67. The van der Waals surface area contributed by atoms with Gasteiger partial charge >= 0.3 is 5.97 Å². The van der Waals surface area contributed by atoms with Crippen molar-refractivity contribution in [2.24, 2.45) is 0 Å². The van der Waals surface area contributed by atoms with E-state index in [2.05, 4.69) is 5.32 Å². The summed E-state index contributed by atoms with van der Waals surface area (Å²) >= 11 is 1.15. The van der Waals surface area contributed by atoms with Crippen LogP contribution >= 0.6 is 11.3 Å². The lowest BCUT2D eigenvalue weighted by Crippen LogP contribution is -2.44. The topological polar surface area (TPSA) is 86.6 Å². The highest BCUT2D eigenvalue weighted by Gasteiger charge is 2.28. The summed E-state index contributed by atoms with van der Waals surface area (Å²) < 4.78 is 13.9. The smallest absolute Gasteiger partial charge is 0.326 e. The van der Waals surface area contributed by atoms with E-state index in [1.54, 1.807) is 6.07 Å². The minimum Gasteiger partial charge on any atom is -0.480 e. The molecule has 0 bridgehead atoms. The molecule has 1 amide bonds. The van der Waals surface area contributed by atoms with Crippen molar-refractivity contribution in [2.75, 3.05) is 0 Å². The third kappa shape index (κ3) is 4.02. The van der Waals surface area contributed by atoms with Crippen molar-refractivity contribution in [3.63, 3.8) is 0 Å². The molecule has 1 atom stereocenters. The Labute approximate surface area is 130 Å². The Morgan fingerprint density at radius 1 is 1.36 bits per heavy atom. The maximum atomic E-state index is 13.1. The lowest BCUT2D eigenvalue weighted by molar-refractivity contribution is -0.140. The SMILES string of the molecule is CC(C)(O)CC(NC(=O)c1cc2cc(F)ccc2s1)C(=O)O. The van der Waals surface area contributed by atoms with E-state index in [1.165, 1.54) is 32.0 Å². The minimum atomic E-state index is -1.22. The predicted molar refractivity (Wildman–Crippen MR) is 81.6 cm³/mol. The summed E-state index contributed by atoms with van der Waals surface area (Å²) in [5.74, 6) is -2.18. The molecule has 2 aromatic rings. The van der Waals surface area contributed by atoms with E-state index >= 15 is 0 Å². The van der Waals surface area contributed by atoms with Crippen molar-refractivity contribution in [3.05, 3.63) is 35.0 Å². The van der Waals surface area contributed by atoms with Crippen molar-refractivity contribution in [3.8, 4) is 0 Å². The minimum absolute atomic E-state index is 0.117. The fourth-order valence-corrected chi connectivity index (χ4v) is 3.00. The van der Waals surface area contributed by atoms with Gasteiger partial charge in [-0.3, -0.25) is 4.79 Å². The third-order valence-corrected chi connectivity index (χ3v) is 4.12. The fraction of sp³-hybridized carbons (Fsp3) is 0.333. The highest BCUT2D eigenvalue weighted by atomic mass is 32.1. The third-order valence-electron chi connectivity index (χ3n) is 3.01. The van der Waals surface area contributed by atoms with E-state index in [0.29, 0.717) is 10.3 Å². The molecule has 0 aliphatic carbocycles. The van der Waals surface area contributed by atoms with E-state index in [0.717, 1.165) is 16.0 Å². The highest BCUT2D eigenvalue weighted by molar-refractivity contribution is 7.20. The zero-order valence-corrected chi connectivity index (χ0v) is 12.9. The van der Waals surface area contributed by atoms with Gasteiger partial charge in [-0.1, -0.05) is 0 Å². The van der Waals surface area contributed by atoms with Gasteiger partial charge in [0.05, 0.1) is 10.5 Å². The Balaban J connectivity index is 2.19. The number of carboxylic acid groups (broad SMARTS) is 1. The number of carbonyl (C=O) groups is 2. The number of benzene rings is 1. The molecule has 5 nitrogen and oxygen atoms in total. The number of thiophene rings is 1. The van der Waals surface area contributed by atoms with Crippen molar-refractivity contribution in [2.45, 2.75) is 31.9 Å². The van der Waals surface area contributed by atoms with Crippen LogP contribution in [-0.2, 0) is 4.79 Å². The van der Waals surface area contributed by atoms with Gasteiger partial charge in [0.2, 0.25) is 0 Å². The van der Waals surface area contributed by atoms with Crippen LogP contribution in [0.2, 0.25) is 0 Å². The second-order valence-corrected chi connectivity index (χ2v) is 6.76. The number of halogens is 1. The van der Waals surface area contributed by atoms with Gasteiger partial charge in [0.15, 0.2) is 0 Å². The molecule has 0 saturated heterocycles. The molecule has 0 aliphatic rings. The van der Waals surface area contributed by atoms with Gasteiger partial charge in [-0.25, -0.2) is 9.18 Å². The quantitative estimate of drug-likeness (QED) is 0.788. The molecular weight excluding hydrogens is 309 g/mol. The first kappa shape index (κ1) is 16.4. The van der Waals surface area contributed by atoms with Crippen LogP contribution in [0.4, 0.5) is 4.39 Å². The molecule has 1 aromatic heterocycles. The predicted octanol–water partition coefficient (Wildman–Crippen LogP) is 2.38. The number of hydrogen-bond donors (Lipinski definition) is 3. The first-order chi connectivity index (χ1) is 10.2. The average molecular weight is 325 g/mol. The van der Waals surface area contributed by atoms with Gasteiger partial charge in [0.25, 0.3) is 5.91 Å². The normalized spacial score (nSPS) is 13.1. The second kappa shape index (κ2) is 6.02. The molecule has 0 radical (unpaired) electrons. The number of aliphatic carboxylic acids is 1. The van der Waals surface area contributed by atoms with Crippen molar-refractivity contribution in [1.29, 1.82) is 0 Å². The monoisotopic (exact) mass is 325 g/mol. The number of amides is 1. The number of carboxylic acids is 1. The molecule has 1 unspecified atom stereocenters. The molecule has 1 aromatic carbocycles. The maximum absolute atomic E-state index is 13.1. The maximum Gasteiger partial charge on any atom is 0.326 e. The summed E-state index contributed by atoms with van der Waals surface area (Å²) in [6, 6.07) is 4.50. The van der Waals surface area contributed by atoms with E-state index in [4.69, 9.17) is 5.11 Å². The Morgan fingerprint density at radius 2 is 2.05 bits per heavy atom.